The van der Waals surface area contributed by atoms with Crippen molar-refractivity contribution >= 4 is 39.2 Å². The van der Waals surface area contributed by atoms with Gasteiger partial charge in [-0.05, 0) is 56.0 Å². The molecule has 0 bridgehead atoms. The Hall–Kier alpha value is -2.91. The van der Waals surface area contributed by atoms with Gasteiger partial charge in [0.1, 0.15) is 5.75 Å². The molecule has 0 aliphatic heterocycles. The number of carboxylic acid groups (broad SMARTS) is 1. The minimum Gasteiger partial charge on any atom is -0.490 e. The summed E-state index contributed by atoms with van der Waals surface area (Å²) in [5.41, 5.74) is 0.782. The zero-order valence-electron chi connectivity index (χ0n) is 18.5. The Bertz CT molecular complexity index is 1240. The number of aliphatic carboxylic acids is 1. The lowest BCUT2D eigenvalue weighted by molar-refractivity contribution is -0.133. The molecular formula is C25H25NO6S2. The van der Waals surface area contributed by atoms with Crippen molar-refractivity contribution in [3.63, 3.8) is 0 Å². The number of benzene rings is 2. The van der Waals surface area contributed by atoms with E-state index in [1.807, 2.05) is 0 Å². The van der Waals surface area contributed by atoms with Gasteiger partial charge in [0.25, 0.3) is 10.0 Å². The molecular weight excluding hydrogens is 474 g/mol. The summed E-state index contributed by atoms with van der Waals surface area (Å²) in [5.74, 6) is -1.12. The summed E-state index contributed by atoms with van der Waals surface area (Å²) in [6, 6.07) is 12.8. The highest BCUT2D eigenvalue weighted by Gasteiger charge is 2.27. The monoisotopic (exact) mass is 499 g/mol. The first-order valence-electron chi connectivity index (χ1n) is 11.2. The normalized spacial score (nSPS) is 18.2. The third kappa shape index (κ3) is 5.77. The van der Waals surface area contributed by atoms with Crippen LogP contribution in [0.3, 0.4) is 0 Å². The van der Waals surface area contributed by atoms with Gasteiger partial charge in [0, 0.05) is 11.1 Å². The third-order valence-electron chi connectivity index (χ3n) is 5.74. The minimum atomic E-state index is -4.08. The van der Waals surface area contributed by atoms with Crippen LogP contribution in [0.2, 0.25) is 0 Å². The van der Waals surface area contributed by atoms with Gasteiger partial charge < -0.3 is 9.84 Å². The summed E-state index contributed by atoms with van der Waals surface area (Å²) in [6.07, 6.45) is 8.21. The van der Waals surface area contributed by atoms with Crippen LogP contribution in [-0.4, -0.2) is 42.8 Å². The van der Waals surface area contributed by atoms with E-state index in [9.17, 15) is 18.0 Å². The minimum absolute atomic E-state index is 0.00994. The van der Waals surface area contributed by atoms with Crippen molar-refractivity contribution in [2.75, 3.05) is 5.75 Å². The Balaban J connectivity index is 1.60. The lowest BCUT2D eigenvalue weighted by atomic mass is 9.94. The molecule has 0 radical (unpaired) electrons. The van der Waals surface area contributed by atoms with E-state index in [0.29, 0.717) is 16.9 Å². The molecule has 0 heterocycles. The Kier molecular flexibility index (Phi) is 7.53. The van der Waals surface area contributed by atoms with Gasteiger partial charge in [0.05, 0.1) is 27.4 Å². The number of Topliss-reactive ketones (excluding diaryl/α,β-unsaturated/α-hetero) is 1. The summed E-state index contributed by atoms with van der Waals surface area (Å²) in [5, 5.41) is 8.97. The van der Waals surface area contributed by atoms with Gasteiger partial charge in [0.15, 0.2) is 5.78 Å². The largest absolute Gasteiger partial charge is 0.490 e. The Morgan fingerprint density at radius 1 is 1.00 bits per heavy atom. The second-order valence-corrected chi connectivity index (χ2v) is 10.8. The lowest BCUT2D eigenvalue weighted by Crippen LogP contribution is -2.18. The maximum Gasteiger partial charge on any atom is 0.313 e. The molecule has 1 saturated carbocycles. The summed E-state index contributed by atoms with van der Waals surface area (Å²) >= 11 is 0.842. The van der Waals surface area contributed by atoms with E-state index >= 15 is 0 Å². The molecule has 2 aliphatic rings. The number of carbonyl (C=O) groups excluding carboxylic acids is 1. The van der Waals surface area contributed by atoms with Crippen LogP contribution >= 0.6 is 11.8 Å². The van der Waals surface area contributed by atoms with Gasteiger partial charge >= 0.3 is 5.97 Å². The standard InChI is InChI=1S/C25H25NO6S2/c27-24(28)16-33-23-15-22(20-9-5-6-10-21(20)25(23)29)26-34(30,31)19-13-11-18(12-14-19)32-17-7-3-1-2-4-8-17/h5-6,9-15,17H,1-4,7-8,16H2,(H,27,28). The van der Waals surface area contributed by atoms with Crippen molar-refractivity contribution in [1.29, 1.82) is 0 Å². The van der Waals surface area contributed by atoms with E-state index in [-0.39, 0.29) is 33.2 Å². The molecule has 0 amide bonds. The van der Waals surface area contributed by atoms with E-state index in [2.05, 4.69) is 4.40 Å². The number of thioether (sulfide) groups is 1. The molecule has 2 aromatic rings. The fourth-order valence-corrected chi connectivity index (χ4v) is 5.76. The molecule has 0 spiro atoms. The smallest absolute Gasteiger partial charge is 0.313 e. The highest BCUT2D eigenvalue weighted by molar-refractivity contribution is 8.04. The SMILES string of the molecule is O=C(O)CSC1=CC(=NS(=O)(=O)c2ccc(OC3CCCCCC3)cc2)c2ccccc2C1=O. The molecule has 0 aromatic heterocycles. The zero-order chi connectivity index (χ0) is 24.1. The predicted molar refractivity (Wildman–Crippen MR) is 131 cm³/mol. The van der Waals surface area contributed by atoms with Crippen LogP contribution in [-0.2, 0) is 14.8 Å². The molecule has 0 saturated heterocycles. The van der Waals surface area contributed by atoms with Crippen LogP contribution < -0.4 is 4.74 Å². The Morgan fingerprint density at radius 3 is 2.29 bits per heavy atom. The number of rotatable bonds is 7. The maximum atomic E-state index is 13.1. The van der Waals surface area contributed by atoms with Crippen molar-refractivity contribution in [2.45, 2.75) is 49.5 Å². The molecule has 0 unspecified atom stereocenters. The highest BCUT2D eigenvalue weighted by Crippen LogP contribution is 2.30. The molecule has 9 heteroatoms. The fraction of sp³-hybridized carbons (Fsp3) is 0.320. The average molecular weight is 500 g/mol. The van der Waals surface area contributed by atoms with Gasteiger partial charge in [-0.1, -0.05) is 37.1 Å². The summed E-state index contributed by atoms with van der Waals surface area (Å²) in [7, 11) is -4.08. The second kappa shape index (κ2) is 10.6. The van der Waals surface area contributed by atoms with Gasteiger partial charge in [-0.15, -0.1) is 11.8 Å². The van der Waals surface area contributed by atoms with Crippen molar-refractivity contribution in [1.82, 2.24) is 0 Å². The number of nitrogens with zero attached hydrogens (tertiary/aromatic N) is 1. The number of hydrogen-bond acceptors (Lipinski definition) is 6. The lowest BCUT2D eigenvalue weighted by Gasteiger charge is -2.17. The van der Waals surface area contributed by atoms with Crippen LogP contribution in [0.5, 0.6) is 5.75 Å². The number of ether oxygens (including phenoxy) is 1. The number of allylic oxidation sites excluding steroid dienone is 2. The van der Waals surface area contributed by atoms with E-state index in [1.54, 1.807) is 36.4 Å². The predicted octanol–water partition coefficient (Wildman–Crippen LogP) is 4.86. The first-order valence-corrected chi connectivity index (χ1v) is 13.6. The number of carboxylic acids is 1. The molecule has 1 fully saturated rings. The number of hydrogen-bond donors (Lipinski definition) is 1. The molecule has 34 heavy (non-hydrogen) atoms. The molecule has 178 valence electrons. The highest BCUT2D eigenvalue weighted by atomic mass is 32.2. The Labute approximate surface area is 203 Å². The number of sulfonamides is 1. The first-order chi connectivity index (χ1) is 16.3. The quantitative estimate of drug-likeness (QED) is 0.542. The summed E-state index contributed by atoms with van der Waals surface area (Å²) in [4.78, 5) is 23.8. The van der Waals surface area contributed by atoms with Crippen LogP contribution in [0.15, 0.2) is 68.8 Å². The van der Waals surface area contributed by atoms with Crippen LogP contribution in [0, 0.1) is 0 Å². The fourth-order valence-electron chi connectivity index (χ4n) is 4.05. The van der Waals surface area contributed by atoms with Gasteiger partial charge in [0.2, 0.25) is 0 Å². The van der Waals surface area contributed by atoms with Crippen molar-refractivity contribution in [2.24, 2.45) is 4.40 Å². The maximum absolute atomic E-state index is 13.1. The number of fused-ring (bicyclic) bond motifs is 1. The molecule has 7 nitrogen and oxygen atoms in total. The molecule has 1 N–H and O–H groups in total. The third-order valence-corrected chi connectivity index (χ3v) is 8.05. The summed E-state index contributed by atoms with van der Waals surface area (Å²) in [6.45, 7) is 0. The summed E-state index contributed by atoms with van der Waals surface area (Å²) < 4.78 is 36.2. The molecule has 0 atom stereocenters. The van der Waals surface area contributed by atoms with E-state index in [4.69, 9.17) is 9.84 Å². The second-order valence-electron chi connectivity index (χ2n) is 8.22. The molecule has 4 rings (SSSR count). The van der Waals surface area contributed by atoms with E-state index in [1.165, 1.54) is 31.1 Å². The van der Waals surface area contributed by atoms with Crippen molar-refractivity contribution in [3.8, 4) is 5.75 Å². The van der Waals surface area contributed by atoms with Crippen LogP contribution in [0.25, 0.3) is 0 Å². The van der Waals surface area contributed by atoms with Crippen LogP contribution in [0.4, 0.5) is 0 Å². The zero-order valence-corrected chi connectivity index (χ0v) is 20.1. The van der Waals surface area contributed by atoms with Crippen molar-refractivity contribution < 1.29 is 27.9 Å². The number of carbonyl (C=O) groups is 2. The van der Waals surface area contributed by atoms with Gasteiger partial charge in [-0.25, -0.2) is 0 Å². The molecule has 2 aromatic carbocycles. The van der Waals surface area contributed by atoms with Gasteiger partial charge in [-0.3, -0.25) is 9.59 Å². The topological polar surface area (TPSA) is 110 Å². The number of ketones is 1. The Morgan fingerprint density at radius 2 is 1.65 bits per heavy atom. The molecule has 2 aliphatic carbocycles. The van der Waals surface area contributed by atoms with Crippen molar-refractivity contribution in [3.05, 3.63) is 70.6 Å². The first kappa shape index (κ1) is 24.2. The van der Waals surface area contributed by atoms with Gasteiger partial charge in [-0.2, -0.15) is 12.8 Å². The van der Waals surface area contributed by atoms with E-state index in [0.717, 1.165) is 37.4 Å². The van der Waals surface area contributed by atoms with Crippen LogP contribution in [0.1, 0.15) is 54.4 Å². The van der Waals surface area contributed by atoms with E-state index < -0.39 is 16.0 Å². The average Bonchev–Trinajstić information content (AvgIpc) is 3.09.